The first-order chi connectivity index (χ1) is 8.09. The number of benzene rings is 1. The zero-order valence-electron chi connectivity index (χ0n) is 8.49. The van der Waals surface area contributed by atoms with Crippen molar-refractivity contribution in [3.63, 3.8) is 0 Å². The number of aromatic carboxylic acids is 2. The maximum absolute atomic E-state index is 10.7. The van der Waals surface area contributed by atoms with Crippen molar-refractivity contribution in [3.8, 4) is 5.69 Å². The number of hydrogen-bond acceptors (Lipinski definition) is 5. The lowest BCUT2D eigenvalue weighted by molar-refractivity contribution is -0.260. The number of nitrogens with zero attached hydrogens (tertiary/aromatic N) is 2. The first-order valence-corrected chi connectivity index (χ1v) is 4.67. The Bertz CT molecular complexity index is 543. The summed E-state index contributed by atoms with van der Waals surface area (Å²) in [5.41, 5.74) is -0.606. The predicted molar refractivity (Wildman–Crippen MR) is 52.2 cm³/mol. The molecule has 0 atom stereocenters. The third-order valence-corrected chi connectivity index (χ3v) is 2.15. The molecule has 2 rings (SSSR count). The zero-order chi connectivity index (χ0) is 12.4. The van der Waals surface area contributed by atoms with Crippen LogP contribution in [-0.4, -0.2) is 21.7 Å². The van der Waals surface area contributed by atoms with E-state index in [1.807, 2.05) is 0 Å². The third-order valence-electron chi connectivity index (χ3n) is 2.15. The molecule has 0 N–H and O–H groups in total. The second kappa shape index (κ2) is 4.09. The highest BCUT2D eigenvalue weighted by atomic mass is 16.4. The molecule has 17 heavy (non-hydrogen) atoms. The monoisotopic (exact) mass is 230 g/mol. The van der Waals surface area contributed by atoms with Gasteiger partial charge in [0.25, 0.3) is 0 Å². The SMILES string of the molecule is O=C([O-])c1cn(-c2ccccc2)nc1C(=O)[O-]. The molecule has 6 heteroatoms. The molecule has 0 aliphatic heterocycles. The number of carbonyl (C=O) groups is 2. The first-order valence-electron chi connectivity index (χ1n) is 4.67. The number of rotatable bonds is 3. The van der Waals surface area contributed by atoms with E-state index in [0.29, 0.717) is 5.69 Å². The van der Waals surface area contributed by atoms with Crippen molar-refractivity contribution in [2.45, 2.75) is 0 Å². The normalized spacial score (nSPS) is 10.1. The predicted octanol–water partition coefficient (Wildman–Crippen LogP) is -1.40. The molecule has 1 aromatic heterocycles. The summed E-state index contributed by atoms with van der Waals surface area (Å²) < 4.78 is 1.15. The molecule has 0 aliphatic carbocycles. The van der Waals surface area contributed by atoms with E-state index >= 15 is 0 Å². The van der Waals surface area contributed by atoms with Crippen LogP contribution in [0.2, 0.25) is 0 Å². The van der Waals surface area contributed by atoms with E-state index in [0.717, 1.165) is 10.9 Å². The summed E-state index contributed by atoms with van der Waals surface area (Å²) in [4.78, 5) is 21.4. The van der Waals surface area contributed by atoms with Gasteiger partial charge in [-0.3, -0.25) is 0 Å². The van der Waals surface area contributed by atoms with Crippen LogP contribution in [0.5, 0.6) is 0 Å². The van der Waals surface area contributed by atoms with Gasteiger partial charge in [0.1, 0.15) is 5.69 Å². The summed E-state index contributed by atoms with van der Waals surface area (Å²) in [5, 5.41) is 25.0. The molecular formula is C11H6N2O4-2. The van der Waals surface area contributed by atoms with Gasteiger partial charge < -0.3 is 19.8 Å². The summed E-state index contributed by atoms with van der Waals surface area (Å²) in [6, 6.07) is 8.52. The summed E-state index contributed by atoms with van der Waals surface area (Å²) in [5.74, 6) is -3.26. The van der Waals surface area contributed by atoms with Crippen LogP contribution < -0.4 is 10.2 Å². The molecule has 1 aromatic carbocycles. The van der Waals surface area contributed by atoms with Gasteiger partial charge in [-0.1, -0.05) is 18.2 Å². The van der Waals surface area contributed by atoms with Crippen molar-refractivity contribution in [2.24, 2.45) is 0 Å². The maximum atomic E-state index is 10.7. The van der Waals surface area contributed by atoms with Gasteiger partial charge in [-0.25, -0.2) is 4.68 Å². The van der Waals surface area contributed by atoms with Crippen LogP contribution in [-0.2, 0) is 0 Å². The van der Waals surface area contributed by atoms with Crippen molar-refractivity contribution in [1.29, 1.82) is 0 Å². The molecule has 2 aromatic rings. The second-order valence-corrected chi connectivity index (χ2v) is 3.25. The molecule has 0 spiro atoms. The van der Waals surface area contributed by atoms with Crippen molar-refractivity contribution >= 4 is 11.9 Å². The fourth-order valence-corrected chi connectivity index (χ4v) is 1.39. The average Bonchev–Trinajstić information content (AvgIpc) is 2.75. The molecule has 0 amide bonds. The lowest BCUT2D eigenvalue weighted by Gasteiger charge is -2.01. The third kappa shape index (κ3) is 2.00. The quantitative estimate of drug-likeness (QED) is 0.645. The van der Waals surface area contributed by atoms with Crippen LogP contribution in [0.15, 0.2) is 36.5 Å². The number of aromatic nitrogens is 2. The molecule has 1 heterocycles. The Morgan fingerprint density at radius 3 is 2.18 bits per heavy atom. The Labute approximate surface area is 95.7 Å². The van der Waals surface area contributed by atoms with Crippen molar-refractivity contribution < 1.29 is 19.8 Å². The Hall–Kier alpha value is -2.63. The summed E-state index contributed by atoms with van der Waals surface area (Å²) >= 11 is 0. The van der Waals surface area contributed by atoms with Crippen LogP contribution in [0.4, 0.5) is 0 Å². The molecule has 0 fully saturated rings. The number of carboxylic acids is 2. The minimum absolute atomic E-state index is 0.506. The van der Waals surface area contributed by atoms with E-state index in [1.165, 1.54) is 0 Å². The summed E-state index contributed by atoms with van der Waals surface area (Å²) in [6.07, 6.45) is 1.08. The maximum Gasteiger partial charge on any atom is 0.117 e. The van der Waals surface area contributed by atoms with E-state index in [1.54, 1.807) is 30.3 Å². The smallest absolute Gasteiger partial charge is 0.117 e. The molecule has 6 nitrogen and oxygen atoms in total. The summed E-state index contributed by atoms with van der Waals surface area (Å²) in [6.45, 7) is 0. The Morgan fingerprint density at radius 2 is 1.71 bits per heavy atom. The van der Waals surface area contributed by atoms with Gasteiger partial charge in [0.05, 0.1) is 17.6 Å². The lowest BCUT2D eigenvalue weighted by atomic mass is 10.2. The molecular weight excluding hydrogens is 224 g/mol. The highest BCUT2D eigenvalue weighted by molar-refractivity contribution is 5.98. The minimum Gasteiger partial charge on any atom is -0.545 e. The minimum atomic E-state index is -1.65. The van der Waals surface area contributed by atoms with Gasteiger partial charge in [-0.2, -0.15) is 5.10 Å². The van der Waals surface area contributed by atoms with Crippen LogP contribution >= 0.6 is 0 Å². The summed E-state index contributed by atoms with van der Waals surface area (Å²) in [7, 11) is 0. The van der Waals surface area contributed by atoms with Crippen LogP contribution in [0.1, 0.15) is 20.8 Å². The first kappa shape index (κ1) is 10.9. The van der Waals surface area contributed by atoms with E-state index in [-0.39, 0.29) is 0 Å². The molecule has 0 saturated heterocycles. The van der Waals surface area contributed by atoms with Crippen molar-refractivity contribution in [1.82, 2.24) is 9.78 Å². The Morgan fingerprint density at radius 1 is 1.06 bits per heavy atom. The van der Waals surface area contributed by atoms with Gasteiger partial charge in [0.2, 0.25) is 0 Å². The van der Waals surface area contributed by atoms with Crippen molar-refractivity contribution in [3.05, 3.63) is 47.8 Å². The van der Waals surface area contributed by atoms with Gasteiger partial charge in [0, 0.05) is 11.8 Å². The highest BCUT2D eigenvalue weighted by Crippen LogP contribution is 2.11. The topological polar surface area (TPSA) is 98.1 Å². The van der Waals surface area contributed by atoms with E-state index < -0.39 is 23.2 Å². The average molecular weight is 230 g/mol. The number of hydrogen-bond donors (Lipinski definition) is 0. The number of carboxylic acid groups (broad SMARTS) is 2. The molecule has 0 aliphatic rings. The Balaban J connectivity index is 2.55. The van der Waals surface area contributed by atoms with Crippen LogP contribution in [0.3, 0.4) is 0 Å². The second-order valence-electron chi connectivity index (χ2n) is 3.25. The van der Waals surface area contributed by atoms with E-state index in [2.05, 4.69) is 5.10 Å². The van der Waals surface area contributed by atoms with Gasteiger partial charge in [0.15, 0.2) is 0 Å². The van der Waals surface area contributed by atoms with Gasteiger partial charge >= 0.3 is 0 Å². The molecule has 0 saturated carbocycles. The molecule has 0 radical (unpaired) electrons. The van der Waals surface area contributed by atoms with Gasteiger partial charge in [-0.15, -0.1) is 0 Å². The number of carbonyl (C=O) groups excluding carboxylic acids is 2. The lowest BCUT2D eigenvalue weighted by Crippen LogP contribution is -2.29. The number of para-hydroxylation sites is 1. The van der Waals surface area contributed by atoms with E-state index in [4.69, 9.17) is 0 Å². The van der Waals surface area contributed by atoms with Crippen molar-refractivity contribution in [2.75, 3.05) is 0 Å². The molecule has 0 unspecified atom stereocenters. The highest BCUT2D eigenvalue weighted by Gasteiger charge is 2.11. The largest absolute Gasteiger partial charge is 0.545 e. The van der Waals surface area contributed by atoms with E-state index in [9.17, 15) is 19.8 Å². The molecule has 0 bridgehead atoms. The standard InChI is InChI=1S/C11H8N2O4/c14-10(15)8-6-13(12-9(8)11(16)17)7-4-2-1-3-5-7/h1-6H,(H,14,15)(H,16,17)/p-2. The molecule has 86 valence electrons. The van der Waals surface area contributed by atoms with Crippen LogP contribution in [0.25, 0.3) is 5.69 Å². The van der Waals surface area contributed by atoms with Crippen LogP contribution in [0, 0.1) is 0 Å². The van der Waals surface area contributed by atoms with Gasteiger partial charge in [-0.05, 0) is 12.1 Å². The Kier molecular flexibility index (Phi) is 2.61. The fraction of sp³-hybridized carbons (Fsp3) is 0. The zero-order valence-corrected chi connectivity index (χ0v) is 8.49. The fourth-order valence-electron chi connectivity index (χ4n) is 1.39.